The molecule has 1 aromatic rings. The van der Waals surface area contributed by atoms with Gasteiger partial charge in [0.25, 0.3) is 0 Å². The van der Waals surface area contributed by atoms with E-state index < -0.39 is 0 Å². The number of nitrogens with zero attached hydrogens (tertiary/aromatic N) is 2. The van der Waals surface area contributed by atoms with E-state index in [2.05, 4.69) is 18.2 Å². The monoisotopic (exact) mass is 245 g/mol. The molecule has 0 aromatic carbocycles. The normalized spacial score (nSPS) is 10.8. The van der Waals surface area contributed by atoms with Gasteiger partial charge in [0.05, 0.1) is 13.2 Å². The van der Waals surface area contributed by atoms with Gasteiger partial charge in [0.1, 0.15) is 0 Å². The van der Waals surface area contributed by atoms with E-state index in [1.807, 2.05) is 11.8 Å². The molecule has 0 aliphatic heterocycles. The van der Waals surface area contributed by atoms with Gasteiger partial charge in [-0.1, -0.05) is 0 Å². The van der Waals surface area contributed by atoms with Crippen LogP contribution in [0.1, 0.15) is 20.8 Å². The molecule has 0 atom stereocenters. The average molecular weight is 245 g/mol. The Morgan fingerprint density at radius 2 is 2.25 bits per heavy atom. The van der Waals surface area contributed by atoms with Crippen molar-refractivity contribution < 1.29 is 9.84 Å². The molecule has 0 fully saturated rings. The molecule has 92 valence electrons. The second-order valence-corrected chi connectivity index (χ2v) is 4.40. The molecule has 0 amide bonds. The van der Waals surface area contributed by atoms with Crippen molar-refractivity contribution in [3.05, 3.63) is 0 Å². The standard InChI is InChI=1S/C10H19N3O2S/c1-4-15-8-9(11)12-16-10(8)13(5-6-14)7(2)3/h7,14H,4-6H2,1-3H3,(H2,11,12). The summed E-state index contributed by atoms with van der Waals surface area (Å²) < 4.78 is 9.58. The van der Waals surface area contributed by atoms with Gasteiger partial charge in [-0.15, -0.1) is 0 Å². The first-order valence-electron chi connectivity index (χ1n) is 5.37. The van der Waals surface area contributed by atoms with Crippen LogP contribution in [0.2, 0.25) is 0 Å². The Kier molecular flexibility index (Phi) is 4.82. The van der Waals surface area contributed by atoms with Gasteiger partial charge in [-0.2, -0.15) is 4.37 Å². The van der Waals surface area contributed by atoms with Crippen LogP contribution in [0.15, 0.2) is 0 Å². The fourth-order valence-electron chi connectivity index (χ4n) is 1.45. The molecular formula is C10H19N3O2S. The van der Waals surface area contributed by atoms with Crippen molar-refractivity contribution >= 4 is 22.4 Å². The number of anilines is 2. The number of hydrogen-bond donors (Lipinski definition) is 2. The second kappa shape index (κ2) is 5.91. The Morgan fingerprint density at radius 3 is 2.75 bits per heavy atom. The van der Waals surface area contributed by atoms with Crippen molar-refractivity contribution in [1.29, 1.82) is 0 Å². The first kappa shape index (κ1) is 13.1. The van der Waals surface area contributed by atoms with Crippen molar-refractivity contribution in [2.75, 3.05) is 30.4 Å². The molecule has 0 radical (unpaired) electrons. The Bertz CT molecular complexity index is 328. The minimum Gasteiger partial charge on any atom is -0.487 e. The number of nitrogen functional groups attached to an aromatic ring is 1. The summed E-state index contributed by atoms with van der Waals surface area (Å²) in [5, 5.41) is 9.94. The predicted molar refractivity (Wildman–Crippen MR) is 67.3 cm³/mol. The maximum atomic E-state index is 9.04. The number of aliphatic hydroxyl groups excluding tert-OH is 1. The van der Waals surface area contributed by atoms with E-state index in [1.54, 1.807) is 0 Å². The van der Waals surface area contributed by atoms with Gasteiger partial charge < -0.3 is 20.5 Å². The van der Waals surface area contributed by atoms with Crippen LogP contribution >= 0.6 is 11.5 Å². The molecule has 6 heteroatoms. The summed E-state index contributed by atoms with van der Waals surface area (Å²) in [5.41, 5.74) is 5.75. The van der Waals surface area contributed by atoms with E-state index in [1.165, 1.54) is 11.5 Å². The lowest BCUT2D eigenvalue weighted by atomic mass is 10.3. The van der Waals surface area contributed by atoms with Crippen LogP contribution in [-0.2, 0) is 0 Å². The highest BCUT2D eigenvalue weighted by Crippen LogP contribution is 2.38. The minimum absolute atomic E-state index is 0.0988. The molecule has 16 heavy (non-hydrogen) atoms. The molecule has 0 aliphatic carbocycles. The van der Waals surface area contributed by atoms with Crippen LogP contribution in [0.5, 0.6) is 5.75 Å². The minimum atomic E-state index is 0.0988. The summed E-state index contributed by atoms with van der Waals surface area (Å²) in [6, 6.07) is 0.270. The van der Waals surface area contributed by atoms with Gasteiger partial charge in [0.15, 0.2) is 16.6 Å². The SMILES string of the molecule is CCOc1c(N)nsc1N(CCO)C(C)C. The highest BCUT2D eigenvalue weighted by atomic mass is 32.1. The lowest BCUT2D eigenvalue weighted by Gasteiger charge is -2.26. The van der Waals surface area contributed by atoms with Gasteiger partial charge in [0.2, 0.25) is 0 Å². The summed E-state index contributed by atoms with van der Waals surface area (Å²) in [7, 11) is 0. The van der Waals surface area contributed by atoms with Crippen molar-refractivity contribution in [1.82, 2.24) is 4.37 Å². The maximum absolute atomic E-state index is 9.04. The van der Waals surface area contributed by atoms with Crippen LogP contribution < -0.4 is 15.4 Å². The molecule has 1 rings (SSSR count). The van der Waals surface area contributed by atoms with E-state index in [-0.39, 0.29) is 12.6 Å². The van der Waals surface area contributed by atoms with Crippen molar-refractivity contribution in [3.63, 3.8) is 0 Å². The van der Waals surface area contributed by atoms with Crippen molar-refractivity contribution in [3.8, 4) is 5.75 Å². The summed E-state index contributed by atoms with van der Waals surface area (Å²) in [6.07, 6.45) is 0. The summed E-state index contributed by atoms with van der Waals surface area (Å²) >= 11 is 1.31. The van der Waals surface area contributed by atoms with Crippen LogP contribution in [0.4, 0.5) is 10.8 Å². The highest BCUT2D eigenvalue weighted by molar-refractivity contribution is 7.11. The topological polar surface area (TPSA) is 71.6 Å². The maximum Gasteiger partial charge on any atom is 0.197 e. The first-order valence-corrected chi connectivity index (χ1v) is 6.14. The molecule has 0 bridgehead atoms. The van der Waals surface area contributed by atoms with Crippen molar-refractivity contribution in [2.45, 2.75) is 26.8 Å². The quantitative estimate of drug-likeness (QED) is 0.791. The molecule has 0 saturated carbocycles. The molecule has 0 unspecified atom stereocenters. The largest absolute Gasteiger partial charge is 0.487 e. The Labute approximate surface area is 100.0 Å². The number of rotatable bonds is 6. The number of aromatic nitrogens is 1. The summed E-state index contributed by atoms with van der Waals surface area (Å²) in [6.45, 7) is 7.23. The molecule has 3 N–H and O–H groups in total. The highest BCUT2D eigenvalue weighted by Gasteiger charge is 2.20. The number of hydrogen-bond acceptors (Lipinski definition) is 6. The van der Waals surface area contributed by atoms with Gasteiger partial charge >= 0.3 is 0 Å². The van der Waals surface area contributed by atoms with E-state index in [0.717, 1.165) is 5.00 Å². The number of nitrogens with two attached hydrogens (primary N) is 1. The first-order chi connectivity index (χ1) is 7.61. The van der Waals surface area contributed by atoms with Crippen molar-refractivity contribution in [2.24, 2.45) is 0 Å². The molecule has 1 aromatic heterocycles. The Morgan fingerprint density at radius 1 is 1.56 bits per heavy atom. The summed E-state index contributed by atoms with van der Waals surface area (Å²) in [4.78, 5) is 2.04. The molecular weight excluding hydrogens is 226 g/mol. The van der Waals surface area contributed by atoms with Crippen LogP contribution in [0.25, 0.3) is 0 Å². The van der Waals surface area contributed by atoms with Gasteiger partial charge in [0, 0.05) is 12.6 Å². The summed E-state index contributed by atoms with van der Waals surface area (Å²) in [5.74, 6) is 1.06. The zero-order valence-corrected chi connectivity index (χ0v) is 10.8. The third kappa shape index (κ3) is 2.76. The zero-order chi connectivity index (χ0) is 12.1. The van der Waals surface area contributed by atoms with E-state index >= 15 is 0 Å². The molecule has 5 nitrogen and oxygen atoms in total. The van der Waals surface area contributed by atoms with Crippen LogP contribution in [-0.4, -0.2) is 35.3 Å². The molecule has 0 spiro atoms. The van der Waals surface area contributed by atoms with Crippen LogP contribution in [0, 0.1) is 0 Å². The van der Waals surface area contributed by atoms with Gasteiger partial charge in [-0.3, -0.25) is 0 Å². The lowest BCUT2D eigenvalue weighted by Crippen LogP contribution is -2.33. The number of aliphatic hydroxyl groups is 1. The Balaban J connectivity index is 2.98. The smallest absolute Gasteiger partial charge is 0.197 e. The average Bonchev–Trinajstić information content (AvgIpc) is 2.58. The van der Waals surface area contributed by atoms with E-state index in [9.17, 15) is 0 Å². The third-order valence-electron chi connectivity index (χ3n) is 2.17. The van der Waals surface area contributed by atoms with Gasteiger partial charge in [-0.05, 0) is 32.3 Å². The zero-order valence-electron chi connectivity index (χ0n) is 9.93. The fourth-order valence-corrected chi connectivity index (χ4v) is 2.37. The number of ether oxygens (including phenoxy) is 1. The Hall–Kier alpha value is -1.01. The second-order valence-electron chi connectivity index (χ2n) is 3.65. The molecule has 0 saturated heterocycles. The van der Waals surface area contributed by atoms with E-state index in [4.69, 9.17) is 15.6 Å². The van der Waals surface area contributed by atoms with Gasteiger partial charge in [-0.25, -0.2) is 0 Å². The molecule has 0 aliphatic rings. The third-order valence-corrected chi connectivity index (χ3v) is 3.05. The lowest BCUT2D eigenvalue weighted by molar-refractivity contribution is 0.297. The van der Waals surface area contributed by atoms with Crippen LogP contribution in [0.3, 0.4) is 0 Å². The van der Waals surface area contributed by atoms with E-state index in [0.29, 0.717) is 24.7 Å². The predicted octanol–water partition coefficient (Wildman–Crippen LogP) is 1.33. The molecule has 1 heterocycles. The fraction of sp³-hybridized carbons (Fsp3) is 0.700.